The van der Waals surface area contributed by atoms with E-state index in [2.05, 4.69) is 5.32 Å². The molecule has 1 atom stereocenters. The number of benzene rings is 2. The Morgan fingerprint density at radius 1 is 1.07 bits per heavy atom. The molecule has 1 unspecified atom stereocenters. The van der Waals surface area contributed by atoms with E-state index in [4.69, 9.17) is 0 Å². The Morgan fingerprint density at radius 2 is 1.72 bits per heavy atom. The van der Waals surface area contributed by atoms with Crippen LogP contribution in [0.25, 0.3) is 0 Å². The first-order chi connectivity index (χ1) is 13.7. The predicted molar refractivity (Wildman–Crippen MR) is 100 cm³/mol. The van der Waals surface area contributed by atoms with E-state index in [1.54, 1.807) is 0 Å². The van der Waals surface area contributed by atoms with Gasteiger partial charge in [-0.05, 0) is 42.2 Å². The summed E-state index contributed by atoms with van der Waals surface area (Å²) < 4.78 is 52.6. The molecule has 0 bridgehead atoms. The monoisotopic (exact) mass is 409 g/mol. The first-order valence-corrected chi connectivity index (χ1v) is 9.61. The van der Waals surface area contributed by atoms with Gasteiger partial charge in [-0.1, -0.05) is 49.6 Å². The minimum absolute atomic E-state index is 0.0880. The number of alkyl halides is 3. The van der Waals surface area contributed by atoms with Gasteiger partial charge >= 0.3 is 6.18 Å². The van der Waals surface area contributed by atoms with Crippen molar-refractivity contribution in [2.75, 3.05) is 0 Å². The molecule has 2 aromatic carbocycles. The molecule has 7 heteroatoms. The molecule has 2 N–H and O–H groups in total. The third kappa shape index (κ3) is 5.15. The van der Waals surface area contributed by atoms with Gasteiger partial charge in [-0.15, -0.1) is 0 Å². The zero-order valence-electron chi connectivity index (χ0n) is 15.8. The molecule has 3 nitrogen and oxygen atoms in total. The summed E-state index contributed by atoms with van der Waals surface area (Å²) in [5, 5.41) is 13.9. The van der Waals surface area contributed by atoms with Crippen molar-refractivity contribution >= 4 is 5.91 Å². The zero-order valence-corrected chi connectivity index (χ0v) is 15.8. The van der Waals surface area contributed by atoms with Crippen LogP contribution >= 0.6 is 0 Å². The third-order valence-corrected chi connectivity index (χ3v) is 5.45. The first-order valence-electron chi connectivity index (χ1n) is 9.61. The van der Waals surface area contributed by atoms with E-state index in [1.165, 1.54) is 36.4 Å². The van der Waals surface area contributed by atoms with E-state index >= 15 is 0 Å². The van der Waals surface area contributed by atoms with Gasteiger partial charge in [-0.25, -0.2) is 4.39 Å². The molecule has 2 aromatic rings. The fourth-order valence-electron chi connectivity index (χ4n) is 3.95. The summed E-state index contributed by atoms with van der Waals surface area (Å²) >= 11 is 0. The van der Waals surface area contributed by atoms with Crippen molar-refractivity contribution in [3.8, 4) is 0 Å². The zero-order chi connectivity index (χ0) is 21.1. The Kier molecular flexibility index (Phi) is 6.27. The van der Waals surface area contributed by atoms with Crippen LogP contribution in [-0.2, 0) is 17.5 Å². The second kappa shape index (κ2) is 8.53. The summed E-state index contributed by atoms with van der Waals surface area (Å²) in [6.45, 7) is 0.0880. The van der Waals surface area contributed by atoms with E-state index in [9.17, 15) is 27.5 Å². The molecule has 1 aliphatic carbocycles. The van der Waals surface area contributed by atoms with Gasteiger partial charge in [0.1, 0.15) is 5.82 Å². The standard InChI is InChI=1S/C22H23F4NO2/c23-18-9-7-15(8-10-18)14-27-20(28)19(21(29)11-2-1-3-12-21)16-5-4-6-17(13-16)22(24,25)26/h4-10,13,19,29H,1-3,11-12,14H2,(H,27,28). The van der Waals surface area contributed by atoms with Crippen molar-refractivity contribution in [1.82, 2.24) is 5.32 Å². The second-order valence-corrected chi connectivity index (χ2v) is 7.56. The van der Waals surface area contributed by atoms with Crippen LogP contribution in [0.2, 0.25) is 0 Å². The third-order valence-electron chi connectivity index (χ3n) is 5.45. The van der Waals surface area contributed by atoms with Crippen molar-refractivity contribution in [3.63, 3.8) is 0 Å². The number of aliphatic hydroxyl groups is 1. The highest BCUT2D eigenvalue weighted by atomic mass is 19.4. The van der Waals surface area contributed by atoms with Crippen LogP contribution < -0.4 is 5.32 Å². The molecule has 0 saturated heterocycles. The lowest BCUT2D eigenvalue weighted by atomic mass is 9.72. The number of amides is 1. The van der Waals surface area contributed by atoms with Crippen LogP contribution in [0.4, 0.5) is 17.6 Å². The quantitative estimate of drug-likeness (QED) is 0.688. The fraction of sp³-hybridized carbons (Fsp3) is 0.409. The number of rotatable bonds is 5. The maximum Gasteiger partial charge on any atom is 0.416 e. The van der Waals surface area contributed by atoms with E-state index in [0.717, 1.165) is 18.6 Å². The lowest BCUT2D eigenvalue weighted by molar-refractivity contribution is -0.138. The predicted octanol–water partition coefficient (Wildman–Crippen LogP) is 4.94. The lowest BCUT2D eigenvalue weighted by Gasteiger charge is -2.38. The molecule has 0 spiro atoms. The van der Waals surface area contributed by atoms with Gasteiger partial charge < -0.3 is 10.4 Å². The highest BCUT2D eigenvalue weighted by Gasteiger charge is 2.43. The van der Waals surface area contributed by atoms with Crippen LogP contribution in [-0.4, -0.2) is 16.6 Å². The number of halogens is 4. The molecular formula is C22H23F4NO2. The maximum absolute atomic E-state index is 13.2. The molecule has 1 aliphatic rings. The molecule has 0 heterocycles. The highest BCUT2D eigenvalue weighted by molar-refractivity contribution is 5.85. The molecule has 0 aromatic heterocycles. The number of hydrogen-bond acceptors (Lipinski definition) is 2. The SMILES string of the molecule is O=C(NCc1ccc(F)cc1)C(c1cccc(C(F)(F)F)c1)C1(O)CCCCC1. The van der Waals surface area contributed by atoms with Crippen LogP contribution in [0.1, 0.15) is 54.7 Å². The van der Waals surface area contributed by atoms with Gasteiger partial charge in [-0.3, -0.25) is 4.79 Å². The second-order valence-electron chi connectivity index (χ2n) is 7.56. The largest absolute Gasteiger partial charge is 0.416 e. The van der Waals surface area contributed by atoms with Crippen molar-refractivity contribution in [2.24, 2.45) is 0 Å². The fourth-order valence-corrected chi connectivity index (χ4v) is 3.95. The molecule has 29 heavy (non-hydrogen) atoms. The van der Waals surface area contributed by atoms with Crippen molar-refractivity contribution < 1.29 is 27.5 Å². The van der Waals surface area contributed by atoms with Gasteiger partial charge in [0.15, 0.2) is 0 Å². The summed E-state index contributed by atoms with van der Waals surface area (Å²) in [6.07, 6.45) is -1.53. The minimum Gasteiger partial charge on any atom is -0.389 e. The summed E-state index contributed by atoms with van der Waals surface area (Å²) in [5.41, 5.74) is -1.47. The average Bonchev–Trinajstić information content (AvgIpc) is 2.68. The Labute approximate surface area is 166 Å². The smallest absolute Gasteiger partial charge is 0.389 e. The summed E-state index contributed by atoms with van der Waals surface area (Å²) in [5.74, 6) is -2.07. The Bertz CT molecular complexity index is 843. The molecule has 0 aliphatic heterocycles. The topological polar surface area (TPSA) is 49.3 Å². The van der Waals surface area contributed by atoms with Gasteiger partial charge in [0.25, 0.3) is 0 Å². The van der Waals surface area contributed by atoms with Gasteiger partial charge in [0, 0.05) is 6.54 Å². The first kappa shape index (κ1) is 21.3. The summed E-state index contributed by atoms with van der Waals surface area (Å²) in [7, 11) is 0. The molecular weight excluding hydrogens is 386 g/mol. The number of nitrogens with one attached hydrogen (secondary N) is 1. The normalized spacial score (nSPS) is 17.6. The average molecular weight is 409 g/mol. The van der Waals surface area contributed by atoms with Crippen LogP contribution in [0.3, 0.4) is 0 Å². The van der Waals surface area contributed by atoms with Crippen molar-refractivity contribution in [2.45, 2.75) is 56.3 Å². The number of carbonyl (C=O) groups excluding carboxylic acids is 1. The number of hydrogen-bond donors (Lipinski definition) is 2. The van der Waals surface area contributed by atoms with Gasteiger partial charge in [0.05, 0.1) is 17.1 Å². The van der Waals surface area contributed by atoms with Crippen LogP contribution in [0.15, 0.2) is 48.5 Å². The Hall–Kier alpha value is -2.41. The van der Waals surface area contributed by atoms with Gasteiger partial charge in [-0.2, -0.15) is 13.2 Å². The van der Waals surface area contributed by atoms with E-state index in [1.807, 2.05) is 0 Å². The van der Waals surface area contributed by atoms with E-state index in [0.29, 0.717) is 31.2 Å². The van der Waals surface area contributed by atoms with E-state index in [-0.39, 0.29) is 12.1 Å². The molecule has 1 fully saturated rings. The van der Waals surface area contributed by atoms with Crippen molar-refractivity contribution in [1.29, 1.82) is 0 Å². The van der Waals surface area contributed by atoms with Crippen LogP contribution in [0.5, 0.6) is 0 Å². The summed E-state index contributed by atoms with van der Waals surface area (Å²) in [6, 6.07) is 10.2. The maximum atomic E-state index is 13.2. The molecule has 0 radical (unpaired) electrons. The highest BCUT2D eigenvalue weighted by Crippen LogP contribution is 2.41. The molecule has 3 rings (SSSR count). The van der Waals surface area contributed by atoms with E-state index < -0.39 is 35.0 Å². The lowest BCUT2D eigenvalue weighted by Crippen LogP contribution is -2.46. The van der Waals surface area contributed by atoms with Crippen molar-refractivity contribution in [3.05, 3.63) is 71.0 Å². The molecule has 1 saturated carbocycles. The van der Waals surface area contributed by atoms with Crippen LogP contribution in [0, 0.1) is 5.82 Å². The summed E-state index contributed by atoms with van der Waals surface area (Å²) in [4.78, 5) is 13.0. The Morgan fingerprint density at radius 3 is 2.34 bits per heavy atom. The number of carbonyl (C=O) groups is 1. The van der Waals surface area contributed by atoms with Gasteiger partial charge in [0.2, 0.25) is 5.91 Å². The molecule has 1 amide bonds. The Balaban J connectivity index is 1.89. The minimum atomic E-state index is -4.54. The molecule has 156 valence electrons.